The molecule has 0 aliphatic rings. The fraction of sp³-hybridized carbons (Fsp3) is 0.421. The number of hydrogen-bond acceptors (Lipinski definition) is 4. The van der Waals surface area contributed by atoms with Gasteiger partial charge in [-0.15, -0.1) is 0 Å². The van der Waals surface area contributed by atoms with E-state index in [9.17, 15) is 0 Å². The van der Waals surface area contributed by atoms with Gasteiger partial charge in [-0.25, -0.2) is 0 Å². The second kappa shape index (κ2) is 6.20. The van der Waals surface area contributed by atoms with Crippen LogP contribution in [0.15, 0.2) is 28.7 Å². The number of benzene rings is 1. The quantitative estimate of drug-likeness (QED) is 0.662. The second-order valence-corrected chi connectivity index (χ2v) is 6.34. The van der Waals surface area contributed by atoms with E-state index in [1.807, 2.05) is 38.1 Å². The summed E-state index contributed by atoms with van der Waals surface area (Å²) in [7, 11) is 1.66. The number of furan rings is 1. The van der Waals surface area contributed by atoms with Crippen molar-refractivity contribution in [3.05, 3.63) is 35.7 Å². The topological polar surface area (TPSA) is 44.5 Å². The molecule has 2 heterocycles. The number of methoxy groups -OCH3 is 1. The molecule has 0 amide bonds. The van der Waals surface area contributed by atoms with Crippen molar-refractivity contribution in [2.24, 2.45) is 5.92 Å². The third kappa shape index (κ3) is 3.04. The molecule has 1 aromatic carbocycles. The van der Waals surface area contributed by atoms with E-state index in [0.29, 0.717) is 12.5 Å². The van der Waals surface area contributed by atoms with Gasteiger partial charge >= 0.3 is 0 Å². The van der Waals surface area contributed by atoms with Gasteiger partial charge in [-0.2, -0.15) is 0 Å². The molecule has 23 heavy (non-hydrogen) atoms. The van der Waals surface area contributed by atoms with Gasteiger partial charge in [0, 0.05) is 23.1 Å². The molecule has 1 unspecified atom stereocenters. The number of nitrogens with zero attached hydrogens (tertiary/aromatic N) is 1. The molecule has 3 aromatic rings. The first-order valence-electron chi connectivity index (χ1n) is 7.99. The highest BCUT2D eigenvalue weighted by Crippen LogP contribution is 2.34. The lowest BCUT2D eigenvalue weighted by Crippen LogP contribution is -2.05. The summed E-state index contributed by atoms with van der Waals surface area (Å²) in [5, 5.41) is 1.99. The van der Waals surface area contributed by atoms with Crippen molar-refractivity contribution in [2.75, 3.05) is 13.7 Å². The maximum atomic E-state index is 6.14. The van der Waals surface area contributed by atoms with E-state index < -0.39 is 0 Å². The van der Waals surface area contributed by atoms with E-state index in [0.717, 1.165) is 39.1 Å². The van der Waals surface area contributed by atoms with Gasteiger partial charge in [0.15, 0.2) is 0 Å². The van der Waals surface area contributed by atoms with Crippen molar-refractivity contribution in [3.8, 4) is 5.75 Å². The van der Waals surface area contributed by atoms with Crippen LogP contribution in [-0.4, -0.2) is 18.7 Å². The van der Waals surface area contributed by atoms with Crippen LogP contribution >= 0.6 is 0 Å². The summed E-state index contributed by atoms with van der Waals surface area (Å²) < 4.78 is 17.3. The molecule has 0 aliphatic carbocycles. The van der Waals surface area contributed by atoms with Gasteiger partial charge in [0.05, 0.1) is 12.6 Å². The maximum Gasteiger partial charge on any atom is 0.145 e. The number of pyridine rings is 1. The van der Waals surface area contributed by atoms with Crippen LogP contribution in [0.2, 0.25) is 0 Å². The fourth-order valence-electron chi connectivity index (χ4n) is 2.66. The Kier molecular flexibility index (Phi) is 4.26. The third-order valence-electron chi connectivity index (χ3n) is 3.96. The zero-order valence-electron chi connectivity index (χ0n) is 14.3. The lowest BCUT2D eigenvalue weighted by molar-refractivity contribution is 0.0346. The molecule has 0 saturated carbocycles. The lowest BCUT2D eigenvalue weighted by Gasteiger charge is -2.12. The number of fused-ring (bicyclic) bond motifs is 3. The summed E-state index contributed by atoms with van der Waals surface area (Å²) in [5.41, 5.74) is 2.72. The van der Waals surface area contributed by atoms with Crippen molar-refractivity contribution in [3.63, 3.8) is 0 Å². The fourth-order valence-corrected chi connectivity index (χ4v) is 2.66. The Labute approximate surface area is 136 Å². The molecule has 0 radical (unpaired) electrons. The summed E-state index contributed by atoms with van der Waals surface area (Å²) in [6, 6.07) is 7.89. The zero-order chi connectivity index (χ0) is 16.6. The molecule has 4 heteroatoms. The molecule has 0 N–H and O–H groups in total. The Morgan fingerprint density at radius 1 is 1.13 bits per heavy atom. The SMILES string of the molecule is COc1ccc2nc(C)c3cc(C(C)OCC(C)C)oc3c2c1. The highest BCUT2D eigenvalue weighted by atomic mass is 16.5. The first kappa shape index (κ1) is 15.8. The standard InChI is InChI=1S/C19H23NO3/c1-11(2)10-22-13(4)18-9-15-12(3)20-17-7-6-14(21-5)8-16(17)19(15)23-18/h6-9,11,13H,10H2,1-5H3. The van der Waals surface area contributed by atoms with Gasteiger partial charge in [0.2, 0.25) is 0 Å². The molecule has 0 aliphatic heterocycles. The molecule has 0 bridgehead atoms. The Bertz CT molecular complexity index is 835. The van der Waals surface area contributed by atoms with Crippen molar-refractivity contribution >= 4 is 21.9 Å². The third-order valence-corrected chi connectivity index (χ3v) is 3.96. The number of aryl methyl sites for hydroxylation is 1. The smallest absolute Gasteiger partial charge is 0.145 e. The van der Waals surface area contributed by atoms with Crippen LogP contribution < -0.4 is 4.74 Å². The minimum absolute atomic E-state index is 0.0788. The summed E-state index contributed by atoms with van der Waals surface area (Å²) in [5.74, 6) is 2.13. The van der Waals surface area contributed by atoms with Gasteiger partial charge in [-0.1, -0.05) is 13.8 Å². The van der Waals surface area contributed by atoms with Crippen molar-refractivity contribution in [2.45, 2.75) is 33.8 Å². The van der Waals surface area contributed by atoms with E-state index in [2.05, 4.69) is 18.8 Å². The summed E-state index contributed by atoms with van der Waals surface area (Å²) >= 11 is 0. The van der Waals surface area contributed by atoms with Crippen LogP contribution in [0.5, 0.6) is 5.75 Å². The minimum Gasteiger partial charge on any atom is -0.497 e. The predicted octanol–water partition coefficient (Wildman–Crippen LogP) is 5.03. The average molecular weight is 313 g/mol. The first-order chi connectivity index (χ1) is 11.0. The second-order valence-electron chi connectivity index (χ2n) is 6.34. The lowest BCUT2D eigenvalue weighted by atomic mass is 10.1. The van der Waals surface area contributed by atoms with Gasteiger partial charge < -0.3 is 13.9 Å². The van der Waals surface area contributed by atoms with Gasteiger partial charge in [-0.05, 0) is 44.0 Å². The molecular formula is C19H23NO3. The summed E-state index contributed by atoms with van der Waals surface area (Å²) in [6.07, 6.45) is -0.0788. The molecule has 122 valence electrons. The highest BCUT2D eigenvalue weighted by molar-refractivity contribution is 6.04. The Morgan fingerprint density at radius 3 is 2.61 bits per heavy atom. The van der Waals surface area contributed by atoms with Crippen LogP contribution in [0.3, 0.4) is 0 Å². The number of rotatable bonds is 5. The molecular weight excluding hydrogens is 290 g/mol. The average Bonchev–Trinajstić information content (AvgIpc) is 2.98. The number of hydrogen-bond donors (Lipinski definition) is 0. The van der Waals surface area contributed by atoms with Crippen LogP contribution in [0.25, 0.3) is 21.9 Å². The summed E-state index contributed by atoms with van der Waals surface area (Å²) in [4.78, 5) is 4.67. The molecule has 0 saturated heterocycles. The highest BCUT2D eigenvalue weighted by Gasteiger charge is 2.17. The van der Waals surface area contributed by atoms with Crippen LogP contribution in [-0.2, 0) is 4.74 Å². The minimum atomic E-state index is -0.0788. The molecule has 0 spiro atoms. The predicted molar refractivity (Wildman–Crippen MR) is 92.0 cm³/mol. The molecule has 0 fully saturated rings. The zero-order valence-corrected chi connectivity index (χ0v) is 14.3. The van der Waals surface area contributed by atoms with E-state index >= 15 is 0 Å². The monoisotopic (exact) mass is 313 g/mol. The van der Waals surface area contributed by atoms with Gasteiger partial charge in [0.1, 0.15) is 23.2 Å². The van der Waals surface area contributed by atoms with E-state index in [4.69, 9.17) is 13.9 Å². The molecule has 4 nitrogen and oxygen atoms in total. The van der Waals surface area contributed by atoms with E-state index in [1.165, 1.54) is 0 Å². The van der Waals surface area contributed by atoms with Crippen LogP contribution in [0.1, 0.15) is 38.3 Å². The van der Waals surface area contributed by atoms with Crippen molar-refractivity contribution < 1.29 is 13.9 Å². The van der Waals surface area contributed by atoms with Crippen LogP contribution in [0, 0.1) is 12.8 Å². The largest absolute Gasteiger partial charge is 0.497 e. The maximum absolute atomic E-state index is 6.14. The molecule has 3 rings (SSSR count). The Hall–Kier alpha value is -2.07. The summed E-state index contributed by atoms with van der Waals surface area (Å²) in [6.45, 7) is 9.01. The van der Waals surface area contributed by atoms with Gasteiger partial charge in [-0.3, -0.25) is 4.98 Å². The van der Waals surface area contributed by atoms with Crippen molar-refractivity contribution in [1.82, 2.24) is 4.98 Å². The normalized spacial score (nSPS) is 13.1. The number of ether oxygens (including phenoxy) is 2. The number of aromatic nitrogens is 1. The van der Waals surface area contributed by atoms with Crippen molar-refractivity contribution in [1.29, 1.82) is 0 Å². The Morgan fingerprint density at radius 2 is 1.91 bits per heavy atom. The van der Waals surface area contributed by atoms with Gasteiger partial charge in [0.25, 0.3) is 0 Å². The Balaban J connectivity index is 2.10. The van der Waals surface area contributed by atoms with E-state index in [-0.39, 0.29) is 6.10 Å². The van der Waals surface area contributed by atoms with Crippen LogP contribution in [0.4, 0.5) is 0 Å². The molecule has 2 aromatic heterocycles. The van der Waals surface area contributed by atoms with E-state index in [1.54, 1.807) is 7.11 Å². The first-order valence-corrected chi connectivity index (χ1v) is 7.99. The molecule has 1 atom stereocenters.